The van der Waals surface area contributed by atoms with E-state index in [0.717, 1.165) is 11.2 Å². The standard InChI is InChI=1S/C23H21Cl2N5O3S/c1-33-20-7-6-16(14-18(20)24)34(31,32)29-12-8-15(9-13-29)30-22(17-4-2-10-26-21(17)25)28-19-5-3-11-27-23(19)30/h2-7,10-11,14-15H,8-9,12-13H2,1H3. The van der Waals surface area contributed by atoms with Crippen molar-refractivity contribution in [2.45, 2.75) is 23.8 Å². The highest BCUT2D eigenvalue weighted by molar-refractivity contribution is 7.89. The molecule has 1 aliphatic heterocycles. The first-order chi connectivity index (χ1) is 16.4. The summed E-state index contributed by atoms with van der Waals surface area (Å²) in [6, 6.07) is 11.9. The number of hydrogen-bond donors (Lipinski definition) is 0. The number of sulfonamides is 1. The molecule has 1 saturated heterocycles. The van der Waals surface area contributed by atoms with Crippen molar-refractivity contribution in [3.63, 3.8) is 0 Å². The molecule has 0 unspecified atom stereocenters. The molecule has 0 aliphatic carbocycles. The normalized spacial score (nSPS) is 15.6. The Morgan fingerprint density at radius 1 is 1.03 bits per heavy atom. The number of piperidine rings is 1. The van der Waals surface area contributed by atoms with Gasteiger partial charge in [0.2, 0.25) is 10.0 Å². The Hall–Kier alpha value is -2.72. The Balaban J connectivity index is 1.45. The third-order valence-electron chi connectivity index (χ3n) is 6.00. The van der Waals surface area contributed by atoms with Crippen LogP contribution in [0.15, 0.2) is 59.8 Å². The average molecular weight is 518 g/mol. The lowest BCUT2D eigenvalue weighted by atomic mass is 10.1. The van der Waals surface area contributed by atoms with Gasteiger partial charge in [-0.05, 0) is 55.3 Å². The number of halogens is 2. The predicted molar refractivity (Wildman–Crippen MR) is 131 cm³/mol. The monoisotopic (exact) mass is 517 g/mol. The molecule has 4 aromatic rings. The summed E-state index contributed by atoms with van der Waals surface area (Å²) >= 11 is 12.6. The molecule has 176 valence electrons. The minimum absolute atomic E-state index is 0.00271. The molecule has 1 fully saturated rings. The molecular formula is C23H21Cl2N5O3S. The van der Waals surface area contributed by atoms with Gasteiger partial charge in [-0.25, -0.2) is 23.4 Å². The molecule has 0 atom stereocenters. The second-order valence-electron chi connectivity index (χ2n) is 7.92. The molecule has 0 bridgehead atoms. The van der Waals surface area contributed by atoms with Crippen molar-refractivity contribution in [3.8, 4) is 17.1 Å². The van der Waals surface area contributed by atoms with Crippen LogP contribution in [-0.4, -0.2) is 52.4 Å². The number of nitrogens with zero attached hydrogens (tertiary/aromatic N) is 5. The maximum absolute atomic E-state index is 13.2. The topological polar surface area (TPSA) is 90.2 Å². The summed E-state index contributed by atoms with van der Waals surface area (Å²) in [5, 5.41) is 0.614. The molecule has 0 N–H and O–H groups in total. The number of imidazole rings is 1. The van der Waals surface area contributed by atoms with E-state index in [2.05, 4.69) is 14.5 Å². The first-order valence-electron chi connectivity index (χ1n) is 10.7. The zero-order valence-corrected chi connectivity index (χ0v) is 20.6. The van der Waals surface area contributed by atoms with Crippen LogP contribution in [0, 0.1) is 0 Å². The molecule has 11 heteroatoms. The highest BCUT2D eigenvalue weighted by atomic mass is 35.5. The maximum Gasteiger partial charge on any atom is 0.243 e. The predicted octanol–water partition coefficient (Wildman–Crippen LogP) is 4.83. The Morgan fingerprint density at radius 2 is 1.76 bits per heavy atom. The van der Waals surface area contributed by atoms with Gasteiger partial charge in [0.25, 0.3) is 0 Å². The van der Waals surface area contributed by atoms with E-state index in [0.29, 0.717) is 48.2 Å². The molecular weight excluding hydrogens is 497 g/mol. The fraction of sp³-hybridized carbons (Fsp3) is 0.261. The van der Waals surface area contributed by atoms with E-state index in [9.17, 15) is 8.42 Å². The molecule has 0 saturated carbocycles. The van der Waals surface area contributed by atoms with E-state index in [1.165, 1.54) is 23.5 Å². The van der Waals surface area contributed by atoms with E-state index in [1.807, 2.05) is 24.3 Å². The smallest absolute Gasteiger partial charge is 0.243 e. The molecule has 0 amide bonds. The van der Waals surface area contributed by atoms with Crippen molar-refractivity contribution in [3.05, 3.63) is 65.0 Å². The van der Waals surface area contributed by atoms with Crippen LogP contribution >= 0.6 is 23.2 Å². The second kappa shape index (κ2) is 9.14. The van der Waals surface area contributed by atoms with Gasteiger partial charge in [-0.1, -0.05) is 23.2 Å². The van der Waals surface area contributed by atoms with Gasteiger partial charge >= 0.3 is 0 Å². The summed E-state index contributed by atoms with van der Waals surface area (Å²) in [5.74, 6) is 1.11. The molecule has 5 rings (SSSR count). The molecule has 8 nitrogen and oxygen atoms in total. The minimum Gasteiger partial charge on any atom is -0.495 e. The summed E-state index contributed by atoms with van der Waals surface area (Å²) in [6.07, 6.45) is 4.54. The van der Waals surface area contributed by atoms with E-state index in [-0.39, 0.29) is 16.0 Å². The third kappa shape index (κ3) is 4.02. The summed E-state index contributed by atoms with van der Waals surface area (Å²) in [5.41, 5.74) is 2.20. The lowest BCUT2D eigenvalue weighted by Crippen LogP contribution is -2.39. The number of ether oxygens (including phenoxy) is 1. The summed E-state index contributed by atoms with van der Waals surface area (Å²) in [6.45, 7) is 0.701. The third-order valence-corrected chi connectivity index (χ3v) is 8.49. The SMILES string of the molecule is COc1ccc(S(=O)(=O)N2CCC(n3c(-c4cccnc4Cl)nc4cccnc43)CC2)cc1Cl. The largest absolute Gasteiger partial charge is 0.495 e. The van der Waals surface area contributed by atoms with Crippen molar-refractivity contribution < 1.29 is 13.2 Å². The van der Waals surface area contributed by atoms with Crippen LogP contribution in [0.2, 0.25) is 10.2 Å². The maximum atomic E-state index is 13.2. The van der Waals surface area contributed by atoms with Gasteiger partial charge in [-0.2, -0.15) is 4.31 Å². The van der Waals surface area contributed by atoms with Crippen molar-refractivity contribution in [2.24, 2.45) is 0 Å². The number of rotatable bonds is 5. The lowest BCUT2D eigenvalue weighted by molar-refractivity contribution is 0.278. The van der Waals surface area contributed by atoms with Crippen molar-refractivity contribution in [2.75, 3.05) is 20.2 Å². The first-order valence-corrected chi connectivity index (χ1v) is 12.9. The quantitative estimate of drug-likeness (QED) is 0.352. The Labute approximate surface area is 207 Å². The molecule has 4 heterocycles. The Morgan fingerprint density at radius 3 is 2.47 bits per heavy atom. The number of benzene rings is 1. The Kier molecular flexibility index (Phi) is 6.20. The van der Waals surface area contributed by atoms with Gasteiger partial charge in [0.15, 0.2) is 5.65 Å². The molecule has 3 aromatic heterocycles. The zero-order chi connectivity index (χ0) is 23.9. The van der Waals surface area contributed by atoms with Crippen molar-refractivity contribution in [1.29, 1.82) is 0 Å². The Bertz CT molecular complexity index is 1470. The van der Waals surface area contributed by atoms with Crippen LogP contribution in [0.3, 0.4) is 0 Å². The van der Waals surface area contributed by atoms with Crippen molar-refractivity contribution in [1.82, 2.24) is 23.8 Å². The fourth-order valence-corrected chi connectivity index (χ4v) is 6.34. The van der Waals surface area contributed by atoms with E-state index < -0.39 is 10.0 Å². The van der Waals surface area contributed by atoms with E-state index in [4.69, 9.17) is 32.9 Å². The minimum atomic E-state index is -3.69. The number of aromatic nitrogens is 4. The van der Waals surface area contributed by atoms with Gasteiger partial charge < -0.3 is 9.30 Å². The van der Waals surface area contributed by atoms with Crippen LogP contribution < -0.4 is 4.74 Å². The summed E-state index contributed by atoms with van der Waals surface area (Å²) in [4.78, 5) is 13.7. The molecule has 1 aliphatic rings. The van der Waals surface area contributed by atoms with Crippen LogP contribution in [0.1, 0.15) is 18.9 Å². The first kappa shape index (κ1) is 23.0. The van der Waals surface area contributed by atoms with E-state index in [1.54, 1.807) is 18.5 Å². The summed E-state index contributed by atoms with van der Waals surface area (Å²) in [7, 11) is -2.20. The van der Waals surface area contributed by atoms with Crippen molar-refractivity contribution >= 4 is 44.4 Å². The fourth-order valence-electron chi connectivity index (χ4n) is 4.32. The van der Waals surface area contributed by atoms with Crippen LogP contribution in [0.5, 0.6) is 5.75 Å². The van der Waals surface area contributed by atoms with Crippen LogP contribution in [-0.2, 0) is 10.0 Å². The number of methoxy groups -OCH3 is 1. The van der Waals surface area contributed by atoms with Crippen LogP contribution in [0.4, 0.5) is 0 Å². The zero-order valence-electron chi connectivity index (χ0n) is 18.2. The number of fused-ring (bicyclic) bond motifs is 1. The van der Waals surface area contributed by atoms with Gasteiger partial charge in [-0.15, -0.1) is 0 Å². The molecule has 0 spiro atoms. The van der Waals surface area contributed by atoms with Gasteiger partial charge in [0, 0.05) is 31.5 Å². The molecule has 0 radical (unpaired) electrons. The second-order valence-corrected chi connectivity index (χ2v) is 10.6. The van der Waals surface area contributed by atoms with Gasteiger partial charge in [0.1, 0.15) is 22.2 Å². The highest BCUT2D eigenvalue weighted by Crippen LogP contribution is 2.36. The number of hydrogen-bond acceptors (Lipinski definition) is 6. The van der Waals surface area contributed by atoms with E-state index >= 15 is 0 Å². The molecule has 1 aromatic carbocycles. The lowest BCUT2D eigenvalue weighted by Gasteiger charge is -2.32. The molecule has 34 heavy (non-hydrogen) atoms. The highest BCUT2D eigenvalue weighted by Gasteiger charge is 2.32. The van der Waals surface area contributed by atoms with Crippen LogP contribution in [0.25, 0.3) is 22.6 Å². The van der Waals surface area contributed by atoms with Gasteiger partial charge in [0.05, 0.1) is 22.6 Å². The number of pyridine rings is 2. The average Bonchev–Trinajstić information content (AvgIpc) is 3.23. The summed E-state index contributed by atoms with van der Waals surface area (Å²) < 4.78 is 35.2. The van der Waals surface area contributed by atoms with Gasteiger partial charge in [-0.3, -0.25) is 0 Å².